The number of nitrogens with zero attached hydrogens (tertiary/aromatic N) is 1. The first-order chi connectivity index (χ1) is 8.28. The third-order valence-corrected chi connectivity index (χ3v) is 3.34. The molecule has 1 aromatic rings. The molecule has 2 N–H and O–H groups in total. The summed E-state index contributed by atoms with van der Waals surface area (Å²) in [4.78, 5) is 3.99. The molecule has 0 aliphatic carbocycles. The molecule has 102 valence electrons. The third kappa shape index (κ3) is 5.83. The quantitative estimate of drug-likeness (QED) is 0.874. The number of aromatic nitrogens is 1. The van der Waals surface area contributed by atoms with Gasteiger partial charge in [0.2, 0.25) is 0 Å². The van der Waals surface area contributed by atoms with E-state index < -0.39 is 0 Å². The number of hydrogen-bond acceptors (Lipinski definition) is 2. The summed E-state index contributed by atoms with van der Waals surface area (Å²) >= 11 is 6.09. The molecule has 0 aliphatic heterocycles. The molecule has 0 saturated heterocycles. The van der Waals surface area contributed by atoms with Crippen LogP contribution in [0.15, 0.2) is 18.5 Å². The number of hydrogen-bond donors (Lipinski definition) is 1. The molecule has 0 radical (unpaired) electrons. The van der Waals surface area contributed by atoms with Crippen LogP contribution in [0.2, 0.25) is 5.02 Å². The van der Waals surface area contributed by atoms with Crippen LogP contribution in [-0.4, -0.2) is 11.0 Å². The van der Waals surface area contributed by atoms with Gasteiger partial charge < -0.3 is 5.73 Å². The number of nitrogens with two attached hydrogens (primary N) is 1. The minimum absolute atomic E-state index is 0.169. The van der Waals surface area contributed by atoms with Crippen molar-refractivity contribution in [3.63, 3.8) is 0 Å². The van der Waals surface area contributed by atoms with Gasteiger partial charge in [-0.15, -0.1) is 0 Å². The van der Waals surface area contributed by atoms with E-state index in [0.29, 0.717) is 11.3 Å². The Morgan fingerprint density at radius 2 is 2.06 bits per heavy atom. The topological polar surface area (TPSA) is 38.9 Å². The molecule has 3 heteroatoms. The maximum Gasteiger partial charge on any atom is 0.0621 e. The van der Waals surface area contributed by atoms with E-state index in [2.05, 4.69) is 32.7 Å². The van der Waals surface area contributed by atoms with Gasteiger partial charge in [-0.1, -0.05) is 39.3 Å². The van der Waals surface area contributed by atoms with Gasteiger partial charge in [0.05, 0.1) is 5.02 Å². The van der Waals surface area contributed by atoms with E-state index in [1.165, 1.54) is 6.42 Å². The van der Waals surface area contributed by atoms with Crippen molar-refractivity contribution in [3.8, 4) is 0 Å². The molecular weight excluding hydrogens is 244 g/mol. The second kappa shape index (κ2) is 6.53. The van der Waals surface area contributed by atoms with Crippen LogP contribution >= 0.6 is 11.6 Å². The predicted octanol–water partition coefficient (Wildman–Crippen LogP) is 4.07. The molecule has 0 aromatic carbocycles. The molecule has 0 spiro atoms. The van der Waals surface area contributed by atoms with E-state index >= 15 is 0 Å². The standard InChI is InChI=1S/C15H25ClN2/c1-11(9-15(2,3)4)7-13(17)8-12-5-6-18-10-14(12)16/h5-6,10-11,13H,7-9,17H2,1-4H3. The Hall–Kier alpha value is -0.600. The summed E-state index contributed by atoms with van der Waals surface area (Å²) in [6.07, 6.45) is 6.52. The summed E-state index contributed by atoms with van der Waals surface area (Å²) < 4.78 is 0. The molecule has 0 aliphatic rings. The summed E-state index contributed by atoms with van der Waals surface area (Å²) in [6, 6.07) is 2.12. The molecule has 1 heterocycles. The van der Waals surface area contributed by atoms with Crippen molar-refractivity contribution in [1.29, 1.82) is 0 Å². The minimum atomic E-state index is 0.169. The molecule has 2 nitrogen and oxygen atoms in total. The highest BCUT2D eigenvalue weighted by molar-refractivity contribution is 6.31. The number of halogens is 1. The van der Waals surface area contributed by atoms with E-state index in [9.17, 15) is 0 Å². The molecule has 0 bridgehead atoms. The molecule has 0 saturated carbocycles. The van der Waals surface area contributed by atoms with Gasteiger partial charge in [0, 0.05) is 18.4 Å². The fraction of sp³-hybridized carbons (Fsp3) is 0.667. The molecule has 1 rings (SSSR count). The first kappa shape index (κ1) is 15.5. The molecule has 0 fully saturated rings. The van der Waals surface area contributed by atoms with Crippen molar-refractivity contribution in [1.82, 2.24) is 4.98 Å². The lowest BCUT2D eigenvalue weighted by Crippen LogP contribution is -2.27. The fourth-order valence-corrected chi connectivity index (χ4v) is 2.78. The summed E-state index contributed by atoms with van der Waals surface area (Å²) in [5.74, 6) is 0.639. The average Bonchev–Trinajstić information content (AvgIpc) is 2.18. The highest BCUT2D eigenvalue weighted by Gasteiger charge is 2.18. The molecule has 18 heavy (non-hydrogen) atoms. The van der Waals surface area contributed by atoms with Crippen molar-refractivity contribution in [2.24, 2.45) is 17.1 Å². The van der Waals surface area contributed by atoms with E-state index in [-0.39, 0.29) is 6.04 Å². The van der Waals surface area contributed by atoms with Crippen molar-refractivity contribution >= 4 is 11.6 Å². The Bertz CT molecular complexity index is 371. The highest BCUT2D eigenvalue weighted by Crippen LogP contribution is 2.27. The number of rotatable bonds is 5. The summed E-state index contributed by atoms with van der Waals surface area (Å²) in [5.41, 5.74) is 7.68. The molecule has 0 amide bonds. The normalized spacial score (nSPS) is 15.4. The van der Waals surface area contributed by atoms with Gasteiger partial charge >= 0.3 is 0 Å². The van der Waals surface area contributed by atoms with E-state index in [4.69, 9.17) is 17.3 Å². The van der Waals surface area contributed by atoms with Gasteiger partial charge in [0.1, 0.15) is 0 Å². The largest absolute Gasteiger partial charge is 0.327 e. The summed E-state index contributed by atoms with van der Waals surface area (Å²) in [6.45, 7) is 9.09. The first-order valence-electron chi connectivity index (χ1n) is 6.62. The van der Waals surface area contributed by atoms with Crippen LogP contribution < -0.4 is 5.73 Å². The molecule has 2 unspecified atom stereocenters. The van der Waals surface area contributed by atoms with Crippen LogP contribution in [0.4, 0.5) is 0 Å². The minimum Gasteiger partial charge on any atom is -0.327 e. The second-order valence-electron chi connectivity index (χ2n) is 6.54. The zero-order valence-electron chi connectivity index (χ0n) is 11.9. The van der Waals surface area contributed by atoms with Crippen LogP contribution in [0, 0.1) is 11.3 Å². The van der Waals surface area contributed by atoms with Crippen LogP contribution in [0.3, 0.4) is 0 Å². The van der Waals surface area contributed by atoms with Crippen molar-refractivity contribution in [2.45, 2.75) is 53.0 Å². The molecule has 1 aromatic heterocycles. The lowest BCUT2D eigenvalue weighted by atomic mass is 9.82. The monoisotopic (exact) mass is 268 g/mol. The molecular formula is C15H25ClN2. The van der Waals surface area contributed by atoms with E-state index in [0.717, 1.165) is 23.4 Å². The van der Waals surface area contributed by atoms with Crippen molar-refractivity contribution in [3.05, 3.63) is 29.0 Å². The van der Waals surface area contributed by atoms with Crippen molar-refractivity contribution < 1.29 is 0 Å². The van der Waals surface area contributed by atoms with Crippen LogP contribution in [0.5, 0.6) is 0 Å². The summed E-state index contributed by atoms with van der Waals surface area (Å²) in [7, 11) is 0. The zero-order chi connectivity index (χ0) is 13.8. The lowest BCUT2D eigenvalue weighted by Gasteiger charge is -2.25. The smallest absolute Gasteiger partial charge is 0.0621 e. The highest BCUT2D eigenvalue weighted by atomic mass is 35.5. The van der Waals surface area contributed by atoms with Crippen LogP contribution in [0.25, 0.3) is 0 Å². The number of pyridine rings is 1. The van der Waals surface area contributed by atoms with Gasteiger partial charge in [0.25, 0.3) is 0 Å². The maximum absolute atomic E-state index is 6.22. The van der Waals surface area contributed by atoms with Gasteiger partial charge in [-0.3, -0.25) is 4.98 Å². The lowest BCUT2D eigenvalue weighted by molar-refractivity contribution is 0.285. The predicted molar refractivity (Wildman–Crippen MR) is 78.8 cm³/mol. The van der Waals surface area contributed by atoms with E-state index in [1.807, 2.05) is 6.07 Å². The van der Waals surface area contributed by atoms with E-state index in [1.54, 1.807) is 12.4 Å². The Kier molecular flexibility index (Phi) is 5.61. The molecule has 2 atom stereocenters. The second-order valence-corrected chi connectivity index (χ2v) is 6.94. The summed E-state index contributed by atoms with van der Waals surface area (Å²) in [5, 5.41) is 0.719. The Balaban J connectivity index is 2.47. The first-order valence-corrected chi connectivity index (χ1v) is 6.99. The third-order valence-electron chi connectivity index (χ3n) is 3.00. The van der Waals surface area contributed by atoms with Crippen LogP contribution in [-0.2, 0) is 6.42 Å². The zero-order valence-corrected chi connectivity index (χ0v) is 12.7. The fourth-order valence-electron chi connectivity index (χ4n) is 2.58. The van der Waals surface area contributed by atoms with Crippen LogP contribution in [0.1, 0.15) is 46.1 Å². The Labute approximate surface area is 116 Å². The Morgan fingerprint density at radius 1 is 1.39 bits per heavy atom. The SMILES string of the molecule is CC(CC(N)Cc1ccncc1Cl)CC(C)(C)C. The average molecular weight is 269 g/mol. The van der Waals surface area contributed by atoms with Gasteiger partial charge in [-0.05, 0) is 42.2 Å². The Morgan fingerprint density at radius 3 is 2.61 bits per heavy atom. The maximum atomic E-state index is 6.22. The van der Waals surface area contributed by atoms with Crippen molar-refractivity contribution in [2.75, 3.05) is 0 Å². The van der Waals surface area contributed by atoms with Gasteiger partial charge in [-0.25, -0.2) is 0 Å². The van der Waals surface area contributed by atoms with Gasteiger partial charge in [-0.2, -0.15) is 0 Å². The van der Waals surface area contributed by atoms with Gasteiger partial charge in [0.15, 0.2) is 0 Å².